The predicted molar refractivity (Wildman–Crippen MR) is 84.9 cm³/mol. The third-order valence-corrected chi connectivity index (χ3v) is 3.56. The number of carboxylic acid groups (broad SMARTS) is 1. The molecule has 25 heavy (non-hydrogen) atoms. The van der Waals surface area contributed by atoms with Gasteiger partial charge in [0.2, 0.25) is 0 Å². The molecule has 3 amide bonds. The fourth-order valence-electron chi connectivity index (χ4n) is 2.33. The van der Waals surface area contributed by atoms with Crippen LogP contribution in [0.25, 0.3) is 0 Å². The van der Waals surface area contributed by atoms with Crippen LogP contribution >= 0.6 is 0 Å². The van der Waals surface area contributed by atoms with Gasteiger partial charge in [-0.25, -0.2) is 4.79 Å². The van der Waals surface area contributed by atoms with E-state index in [1.807, 2.05) is 5.32 Å². The third kappa shape index (κ3) is 4.88. The maximum absolute atomic E-state index is 14.1. The monoisotopic (exact) mass is 355 g/mol. The lowest BCUT2D eigenvalue weighted by Gasteiger charge is -2.27. The lowest BCUT2D eigenvalue weighted by atomic mass is 10.2. The second-order valence-electron chi connectivity index (χ2n) is 5.32. The second-order valence-corrected chi connectivity index (χ2v) is 5.32. The number of amides is 3. The van der Waals surface area contributed by atoms with Crippen LogP contribution in [0, 0.1) is 0 Å². The van der Waals surface area contributed by atoms with E-state index in [4.69, 9.17) is 14.9 Å². The molecule has 0 saturated carbocycles. The molecular formula is C15H18FN3O6. The molecule has 1 aromatic rings. The fraction of sp³-hybridized carbons (Fsp3) is 0.400. The molecule has 0 bridgehead atoms. The second kappa shape index (κ2) is 8.40. The first-order valence-corrected chi connectivity index (χ1v) is 7.49. The van der Waals surface area contributed by atoms with E-state index >= 15 is 0 Å². The van der Waals surface area contributed by atoms with Crippen LogP contribution in [-0.4, -0.2) is 60.5 Å². The van der Waals surface area contributed by atoms with Gasteiger partial charge in [-0.2, -0.15) is 0 Å². The smallest absolute Gasteiger partial charge is 0.404 e. The van der Waals surface area contributed by atoms with E-state index in [1.165, 1.54) is 29.2 Å². The number of rotatable bonds is 6. The van der Waals surface area contributed by atoms with Crippen molar-refractivity contribution in [3.63, 3.8) is 0 Å². The summed E-state index contributed by atoms with van der Waals surface area (Å²) in [5.74, 6) is -1.22. The van der Waals surface area contributed by atoms with Gasteiger partial charge in [0.05, 0.1) is 31.4 Å². The van der Waals surface area contributed by atoms with Crippen molar-refractivity contribution < 1.29 is 33.8 Å². The predicted octanol–water partition coefficient (Wildman–Crippen LogP) is 0.286. The molecule has 1 atom stereocenters. The number of carbonyl (C=O) groups excluding carboxylic acids is 2. The molecule has 3 N–H and O–H groups in total. The van der Waals surface area contributed by atoms with Gasteiger partial charge in [0.1, 0.15) is 6.61 Å². The van der Waals surface area contributed by atoms with E-state index in [9.17, 15) is 18.9 Å². The summed E-state index contributed by atoms with van der Waals surface area (Å²) < 4.78 is 19.2. The van der Waals surface area contributed by atoms with Crippen LogP contribution in [0.5, 0.6) is 0 Å². The Morgan fingerprint density at radius 1 is 1.36 bits per heavy atom. The average molecular weight is 355 g/mol. The molecule has 136 valence electrons. The Hall–Kier alpha value is -2.72. The van der Waals surface area contributed by atoms with Crippen LogP contribution in [0.15, 0.2) is 24.3 Å². The highest BCUT2D eigenvalue weighted by Crippen LogP contribution is 2.23. The zero-order valence-corrected chi connectivity index (χ0v) is 13.2. The van der Waals surface area contributed by atoms with Crippen molar-refractivity contribution in [3.05, 3.63) is 24.3 Å². The number of hydrogen-bond acceptors (Lipinski definition) is 5. The summed E-state index contributed by atoms with van der Waals surface area (Å²) in [5, 5.41) is 19.4. The van der Waals surface area contributed by atoms with Gasteiger partial charge in [-0.15, -0.1) is 5.12 Å². The summed E-state index contributed by atoms with van der Waals surface area (Å²) in [6.45, 7) is 0.133. The first-order chi connectivity index (χ1) is 11.9. The molecule has 0 aromatic heterocycles. The lowest BCUT2D eigenvalue weighted by Crippen LogP contribution is -2.41. The highest BCUT2D eigenvalue weighted by molar-refractivity contribution is 5.96. The Balaban J connectivity index is 2.01. The summed E-state index contributed by atoms with van der Waals surface area (Å²) in [6, 6.07) is 4.55. The lowest BCUT2D eigenvalue weighted by molar-refractivity contribution is -0.125. The highest BCUT2D eigenvalue weighted by atomic mass is 19.2. The zero-order chi connectivity index (χ0) is 18.4. The number of aliphatic hydroxyl groups excluding tert-OH is 1. The van der Waals surface area contributed by atoms with Gasteiger partial charge < -0.3 is 25.2 Å². The van der Waals surface area contributed by atoms with Gasteiger partial charge in [-0.3, -0.25) is 9.59 Å². The minimum Gasteiger partial charge on any atom is -0.465 e. The van der Waals surface area contributed by atoms with Crippen molar-refractivity contribution in [2.24, 2.45) is 0 Å². The maximum Gasteiger partial charge on any atom is 0.404 e. The molecule has 1 heterocycles. The van der Waals surface area contributed by atoms with Gasteiger partial charge in [-0.05, 0) is 24.3 Å². The average Bonchev–Trinajstić information content (AvgIpc) is 2.60. The van der Waals surface area contributed by atoms with E-state index in [-0.39, 0.29) is 23.3 Å². The van der Waals surface area contributed by atoms with E-state index in [2.05, 4.69) is 0 Å². The molecule has 1 aromatic carbocycles. The SMILES string of the molecule is O=C(O)N[C@@H](CO)CC(=O)N(F)c1ccc(N2CCOCC2=O)cc1. The molecule has 0 unspecified atom stereocenters. The number of anilines is 2. The van der Waals surface area contributed by atoms with Gasteiger partial charge in [0.25, 0.3) is 11.8 Å². The van der Waals surface area contributed by atoms with Crippen molar-refractivity contribution in [2.75, 3.05) is 36.4 Å². The minimum atomic E-state index is -1.42. The van der Waals surface area contributed by atoms with Gasteiger partial charge in [-0.1, -0.05) is 4.48 Å². The number of nitrogens with zero attached hydrogens (tertiary/aromatic N) is 2. The molecule has 0 radical (unpaired) electrons. The molecule has 1 saturated heterocycles. The minimum absolute atomic E-state index is 0.0192. The molecule has 1 aliphatic heterocycles. The van der Waals surface area contributed by atoms with Crippen LogP contribution in [0.1, 0.15) is 6.42 Å². The molecule has 0 aliphatic carbocycles. The summed E-state index contributed by atoms with van der Waals surface area (Å²) in [6.07, 6.45) is -1.96. The van der Waals surface area contributed by atoms with Crippen LogP contribution in [-0.2, 0) is 14.3 Å². The Bertz CT molecular complexity index is 639. The van der Waals surface area contributed by atoms with Gasteiger partial charge >= 0.3 is 6.09 Å². The first-order valence-electron chi connectivity index (χ1n) is 7.49. The van der Waals surface area contributed by atoms with Gasteiger partial charge in [0.15, 0.2) is 0 Å². The van der Waals surface area contributed by atoms with Crippen LogP contribution in [0.3, 0.4) is 0 Å². The molecule has 2 rings (SSSR count). The molecular weight excluding hydrogens is 337 g/mol. The van der Waals surface area contributed by atoms with E-state index in [0.717, 1.165) is 0 Å². The molecule has 10 heteroatoms. The third-order valence-electron chi connectivity index (χ3n) is 3.56. The Kier molecular flexibility index (Phi) is 6.25. The molecule has 0 spiro atoms. The summed E-state index contributed by atoms with van der Waals surface area (Å²) in [5.41, 5.74) is 0.486. The zero-order valence-electron chi connectivity index (χ0n) is 13.2. The summed E-state index contributed by atoms with van der Waals surface area (Å²) >= 11 is 0. The van der Waals surface area contributed by atoms with Crippen molar-refractivity contribution >= 4 is 29.3 Å². The molecule has 1 aliphatic rings. The number of morpholine rings is 1. The van der Waals surface area contributed by atoms with Gasteiger partial charge in [0, 0.05) is 12.2 Å². The largest absolute Gasteiger partial charge is 0.465 e. The van der Waals surface area contributed by atoms with Crippen molar-refractivity contribution in [1.29, 1.82) is 0 Å². The number of ether oxygens (including phenoxy) is 1. The summed E-state index contributed by atoms with van der Waals surface area (Å²) in [7, 11) is 0. The van der Waals surface area contributed by atoms with E-state index in [1.54, 1.807) is 0 Å². The Labute approximate surface area is 142 Å². The van der Waals surface area contributed by atoms with Crippen molar-refractivity contribution in [3.8, 4) is 0 Å². The normalized spacial score (nSPS) is 15.6. The maximum atomic E-state index is 14.1. The van der Waals surface area contributed by atoms with Crippen molar-refractivity contribution in [1.82, 2.24) is 5.32 Å². The molecule has 9 nitrogen and oxygen atoms in total. The standard InChI is InChI=1S/C15H18FN3O6/c16-19(13(21)7-10(8-20)17-15(23)24)12-3-1-11(2-4-12)18-5-6-25-9-14(18)22/h1-4,10,17,20H,5-9H2,(H,23,24)/t10-/m1/s1. The number of halogens is 1. The highest BCUT2D eigenvalue weighted by Gasteiger charge is 2.23. The number of nitrogens with one attached hydrogen (secondary N) is 1. The van der Waals surface area contributed by atoms with E-state index in [0.29, 0.717) is 18.8 Å². The molecule has 1 fully saturated rings. The Morgan fingerprint density at radius 3 is 2.60 bits per heavy atom. The Morgan fingerprint density at radius 2 is 2.04 bits per heavy atom. The number of aliphatic hydroxyl groups is 1. The van der Waals surface area contributed by atoms with Crippen LogP contribution in [0.4, 0.5) is 20.7 Å². The fourth-order valence-corrected chi connectivity index (χ4v) is 2.33. The van der Waals surface area contributed by atoms with Crippen LogP contribution in [0.2, 0.25) is 0 Å². The summed E-state index contributed by atoms with van der Waals surface area (Å²) in [4.78, 5) is 35.6. The van der Waals surface area contributed by atoms with E-state index < -0.39 is 31.1 Å². The number of carbonyl (C=O) groups is 3. The van der Waals surface area contributed by atoms with Crippen LogP contribution < -0.4 is 15.3 Å². The quantitative estimate of drug-likeness (QED) is 0.631. The first kappa shape index (κ1) is 18.6. The number of hydrogen-bond donors (Lipinski definition) is 3. The number of benzene rings is 1. The van der Waals surface area contributed by atoms with Crippen molar-refractivity contribution in [2.45, 2.75) is 12.5 Å². The topological polar surface area (TPSA) is 119 Å².